The number of benzene rings is 2. The summed E-state index contributed by atoms with van der Waals surface area (Å²) < 4.78 is 5.68. The Bertz CT molecular complexity index is 690. The fraction of sp³-hybridized carbons (Fsp3) is 0.235. The van der Waals surface area contributed by atoms with Gasteiger partial charge in [-0.1, -0.05) is 24.3 Å². The quantitative estimate of drug-likeness (QED) is 0.878. The highest BCUT2D eigenvalue weighted by Gasteiger charge is 2.35. The standard InChI is InChI=1S/C17H18N2O2S/c1-2-21-15-9-4-3-8-14(15)19-16(20)11-22-17(19)12-6-5-7-13(18)10-12/h3-10,17H,2,11,18H2,1H3. The molecule has 22 heavy (non-hydrogen) atoms. The first-order chi connectivity index (χ1) is 10.7. The number of carbonyl (C=O) groups excluding carboxylic acids is 1. The summed E-state index contributed by atoms with van der Waals surface area (Å²) in [7, 11) is 0. The van der Waals surface area contributed by atoms with Crippen molar-refractivity contribution < 1.29 is 9.53 Å². The minimum Gasteiger partial charge on any atom is -0.492 e. The number of anilines is 2. The van der Waals surface area contributed by atoms with E-state index in [4.69, 9.17) is 10.5 Å². The first-order valence-corrected chi connectivity index (χ1v) is 8.26. The fourth-order valence-corrected chi connectivity index (χ4v) is 3.74. The number of para-hydroxylation sites is 2. The summed E-state index contributed by atoms with van der Waals surface area (Å²) >= 11 is 1.61. The fourth-order valence-electron chi connectivity index (χ4n) is 2.58. The highest BCUT2D eigenvalue weighted by molar-refractivity contribution is 8.00. The van der Waals surface area contributed by atoms with Gasteiger partial charge in [-0.25, -0.2) is 0 Å². The summed E-state index contributed by atoms with van der Waals surface area (Å²) in [6.45, 7) is 2.50. The average Bonchev–Trinajstić information content (AvgIpc) is 2.90. The van der Waals surface area contributed by atoms with Crippen LogP contribution in [0.3, 0.4) is 0 Å². The maximum atomic E-state index is 12.4. The summed E-state index contributed by atoms with van der Waals surface area (Å²) in [5.41, 5.74) is 8.43. The molecule has 0 bridgehead atoms. The molecule has 0 aliphatic carbocycles. The number of nitrogens with two attached hydrogens (primary N) is 1. The lowest BCUT2D eigenvalue weighted by molar-refractivity contribution is -0.115. The van der Waals surface area contributed by atoms with Crippen LogP contribution in [0.4, 0.5) is 11.4 Å². The molecule has 1 heterocycles. The topological polar surface area (TPSA) is 55.6 Å². The highest BCUT2D eigenvalue weighted by Crippen LogP contribution is 2.44. The Labute approximate surface area is 134 Å². The Balaban J connectivity index is 2.02. The summed E-state index contributed by atoms with van der Waals surface area (Å²) in [5, 5.41) is -0.0717. The van der Waals surface area contributed by atoms with Crippen LogP contribution < -0.4 is 15.4 Å². The predicted molar refractivity (Wildman–Crippen MR) is 91.2 cm³/mol. The molecule has 0 saturated carbocycles. The van der Waals surface area contributed by atoms with E-state index in [2.05, 4.69) is 0 Å². The van der Waals surface area contributed by atoms with E-state index in [1.54, 1.807) is 11.8 Å². The molecule has 2 N–H and O–H groups in total. The lowest BCUT2D eigenvalue weighted by Gasteiger charge is -2.26. The van der Waals surface area contributed by atoms with Gasteiger partial charge in [-0.05, 0) is 36.8 Å². The Hall–Kier alpha value is -2.14. The second kappa shape index (κ2) is 6.32. The van der Waals surface area contributed by atoms with Crippen LogP contribution in [0, 0.1) is 0 Å². The van der Waals surface area contributed by atoms with Gasteiger partial charge in [-0.15, -0.1) is 11.8 Å². The van der Waals surface area contributed by atoms with Crippen LogP contribution in [-0.4, -0.2) is 18.3 Å². The number of amides is 1. The number of ether oxygens (including phenoxy) is 1. The second-order valence-electron chi connectivity index (χ2n) is 5.00. The van der Waals surface area contributed by atoms with Crippen molar-refractivity contribution in [3.8, 4) is 5.75 Å². The maximum absolute atomic E-state index is 12.4. The molecule has 5 heteroatoms. The molecule has 114 valence electrons. The average molecular weight is 314 g/mol. The normalized spacial score (nSPS) is 17.8. The molecular weight excluding hydrogens is 296 g/mol. The van der Waals surface area contributed by atoms with Crippen molar-refractivity contribution in [1.29, 1.82) is 0 Å². The van der Waals surface area contributed by atoms with Crippen molar-refractivity contribution >= 4 is 29.0 Å². The molecule has 0 radical (unpaired) electrons. The number of carbonyl (C=O) groups is 1. The number of hydrogen-bond acceptors (Lipinski definition) is 4. The zero-order chi connectivity index (χ0) is 15.5. The highest BCUT2D eigenvalue weighted by atomic mass is 32.2. The van der Waals surface area contributed by atoms with E-state index in [1.807, 2.05) is 60.4 Å². The number of nitrogen functional groups attached to an aromatic ring is 1. The van der Waals surface area contributed by atoms with Gasteiger partial charge in [0.2, 0.25) is 5.91 Å². The summed E-state index contributed by atoms with van der Waals surface area (Å²) in [6, 6.07) is 15.3. The Morgan fingerprint density at radius 2 is 2.09 bits per heavy atom. The van der Waals surface area contributed by atoms with Crippen LogP contribution in [0.1, 0.15) is 17.9 Å². The minimum absolute atomic E-state index is 0.0717. The van der Waals surface area contributed by atoms with Gasteiger partial charge in [0.15, 0.2) is 0 Å². The van der Waals surface area contributed by atoms with Crippen LogP contribution >= 0.6 is 11.8 Å². The third-order valence-corrected chi connectivity index (χ3v) is 4.70. The molecule has 2 aromatic rings. The van der Waals surface area contributed by atoms with Gasteiger partial charge in [-0.3, -0.25) is 9.69 Å². The van der Waals surface area contributed by atoms with Gasteiger partial charge in [0.05, 0.1) is 18.0 Å². The van der Waals surface area contributed by atoms with Gasteiger partial charge in [0.25, 0.3) is 0 Å². The maximum Gasteiger partial charge on any atom is 0.238 e. The van der Waals surface area contributed by atoms with Crippen molar-refractivity contribution in [3.05, 3.63) is 54.1 Å². The molecule has 4 nitrogen and oxygen atoms in total. The molecular formula is C17H18N2O2S. The van der Waals surface area contributed by atoms with E-state index in [9.17, 15) is 4.79 Å². The van der Waals surface area contributed by atoms with E-state index in [0.29, 0.717) is 18.0 Å². The zero-order valence-corrected chi connectivity index (χ0v) is 13.2. The number of thioether (sulfide) groups is 1. The number of nitrogens with zero attached hydrogens (tertiary/aromatic N) is 1. The van der Waals surface area contributed by atoms with E-state index in [1.165, 1.54) is 0 Å². The van der Waals surface area contributed by atoms with E-state index in [-0.39, 0.29) is 11.3 Å². The van der Waals surface area contributed by atoms with Crippen molar-refractivity contribution in [1.82, 2.24) is 0 Å². The van der Waals surface area contributed by atoms with Gasteiger partial charge >= 0.3 is 0 Å². The van der Waals surface area contributed by atoms with E-state index < -0.39 is 0 Å². The minimum atomic E-state index is -0.0717. The summed E-state index contributed by atoms with van der Waals surface area (Å²) in [4.78, 5) is 14.2. The third kappa shape index (κ3) is 2.76. The Morgan fingerprint density at radius 3 is 2.86 bits per heavy atom. The Morgan fingerprint density at radius 1 is 1.27 bits per heavy atom. The summed E-state index contributed by atoms with van der Waals surface area (Å²) in [6.07, 6.45) is 0. The van der Waals surface area contributed by atoms with Crippen LogP contribution in [0.25, 0.3) is 0 Å². The molecule has 1 saturated heterocycles. The molecule has 1 unspecified atom stereocenters. The molecule has 0 spiro atoms. The molecule has 1 amide bonds. The smallest absolute Gasteiger partial charge is 0.238 e. The number of rotatable bonds is 4. The van der Waals surface area contributed by atoms with Crippen molar-refractivity contribution in [2.24, 2.45) is 0 Å². The zero-order valence-electron chi connectivity index (χ0n) is 12.4. The molecule has 2 aromatic carbocycles. The van der Waals surface area contributed by atoms with Crippen LogP contribution in [0.5, 0.6) is 5.75 Å². The molecule has 3 rings (SSSR count). The molecule has 1 atom stereocenters. The molecule has 0 aromatic heterocycles. The van der Waals surface area contributed by atoms with Gasteiger partial charge in [-0.2, -0.15) is 0 Å². The third-order valence-electron chi connectivity index (χ3n) is 3.49. The van der Waals surface area contributed by atoms with Crippen LogP contribution in [-0.2, 0) is 4.79 Å². The largest absolute Gasteiger partial charge is 0.492 e. The molecule has 1 fully saturated rings. The van der Waals surface area contributed by atoms with E-state index in [0.717, 1.165) is 17.0 Å². The monoisotopic (exact) mass is 314 g/mol. The van der Waals surface area contributed by atoms with Crippen molar-refractivity contribution in [2.45, 2.75) is 12.3 Å². The van der Waals surface area contributed by atoms with Crippen molar-refractivity contribution in [3.63, 3.8) is 0 Å². The SMILES string of the molecule is CCOc1ccccc1N1C(=O)CSC1c1cccc(N)c1. The van der Waals surface area contributed by atoms with Crippen LogP contribution in [0.15, 0.2) is 48.5 Å². The first-order valence-electron chi connectivity index (χ1n) is 7.21. The lowest BCUT2D eigenvalue weighted by atomic mass is 10.1. The van der Waals surface area contributed by atoms with Gasteiger partial charge in [0.1, 0.15) is 11.1 Å². The number of hydrogen-bond donors (Lipinski definition) is 1. The first kappa shape index (κ1) is 14.8. The predicted octanol–water partition coefficient (Wildman–Crippen LogP) is 3.45. The molecule has 1 aliphatic rings. The van der Waals surface area contributed by atoms with Crippen LogP contribution in [0.2, 0.25) is 0 Å². The van der Waals surface area contributed by atoms with Gasteiger partial charge < -0.3 is 10.5 Å². The lowest BCUT2D eigenvalue weighted by Crippen LogP contribution is -2.28. The van der Waals surface area contributed by atoms with Gasteiger partial charge in [0, 0.05) is 5.69 Å². The second-order valence-corrected chi connectivity index (χ2v) is 6.07. The Kier molecular flexibility index (Phi) is 4.24. The van der Waals surface area contributed by atoms with Crippen molar-refractivity contribution in [2.75, 3.05) is 23.0 Å². The summed E-state index contributed by atoms with van der Waals surface area (Å²) in [5.74, 6) is 1.28. The molecule has 1 aliphatic heterocycles. The van der Waals surface area contributed by atoms with E-state index >= 15 is 0 Å².